The van der Waals surface area contributed by atoms with E-state index in [9.17, 15) is 8.76 Å². The van der Waals surface area contributed by atoms with Crippen LogP contribution < -0.4 is 10.0 Å². The number of aromatic nitrogens is 1. The maximum absolute atomic E-state index is 10.5. The lowest BCUT2D eigenvalue weighted by atomic mass is 9.86. The first-order valence-corrected chi connectivity index (χ1v) is 8.64. The number of hydrogen-bond donors (Lipinski definition) is 2. The highest BCUT2D eigenvalue weighted by molar-refractivity contribution is 7.77. The first-order chi connectivity index (χ1) is 10.6. The Morgan fingerprint density at radius 3 is 2.86 bits per heavy atom. The van der Waals surface area contributed by atoms with E-state index in [0.29, 0.717) is 24.5 Å². The Hall–Kier alpha value is -1.44. The normalized spacial score (nSPS) is 23.5. The van der Waals surface area contributed by atoms with Gasteiger partial charge in [0.2, 0.25) is 0 Å². The van der Waals surface area contributed by atoms with Crippen LogP contribution in [0.2, 0.25) is 0 Å². The van der Waals surface area contributed by atoms with Crippen LogP contribution in [0.15, 0.2) is 22.6 Å². The zero-order chi connectivity index (χ0) is 15.5. The SMILES string of the molecule is Cc1ccc2nc(NC3CCC(CNS(=O)[O-])CC3)oc2c1. The van der Waals surface area contributed by atoms with Crippen molar-refractivity contribution in [2.75, 3.05) is 11.9 Å². The van der Waals surface area contributed by atoms with Crippen LogP contribution in [0, 0.1) is 12.8 Å². The van der Waals surface area contributed by atoms with Crippen molar-refractivity contribution in [3.05, 3.63) is 23.8 Å². The molecule has 0 radical (unpaired) electrons. The van der Waals surface area contributed by atoms with E-state index in [0.717, 1.165) is 42.3 Å². The predicted octanol–water partition coefficient (Wildman–Crippen LogP) is 2.49. The molecule has 22 heavy (non-hydrogen) atoms. The highest BCUT2D eigenvalue weighted by Crippen LogP contribution is 2.27. The zero-order valence-corrected chi connectivity index (χ0v) is 13.3. The van der Waals surface area contributed by atoms with E-state index in [4.69, 9.17) is 4.42 Å². The monoisotopic (exact) mass is 322 g/mol. The second kappa shape index (κ2) is 6.76. The molecule has 1 aromatic carbocycles. The molecule has 1 aliphatic carbocycles. The van der Waals surface area contributed by atoms with Gasteiger partial charge in [-0.25, -0.2) is 4.72 Å². The molecule has 7 heteroatoms. The Kier molecular flexibility index (Phi) is 4.75. The molecule has 2 N–H and O–H groups in total. The molecule has 1 aliphatic rings. The summed E-state index contributed by atoms with van der Waals surface area (Å²) in [5.41, 5.74) is 2.82. The van der Waals surface area contributed by atoms with Crippen LogP contribution in [0.1, 0.15) is 31.2 Å². The molecule has 6 nitrogen and oxygen atoms in total. The van der Waals surface area contributed by atoms with Gasteiger partial charge in [-0.3, -0.25) is 4.21 Å². The van der Waals surface area contributed by atoms with E-state index in [1.165, 1.54) is 0 Å². The Bertz CT molecular complexity index is 665. The average molecular weight is 322 g/mol. The van der Waals surface area contributed by atoms with Crippen molar-refractivity contribution in [1.82, 2.24) is 9.71 Å². The lowest BCUT2D eigenvalue weighted by molar-refractivity contribution is 0.333. The summed E-state index contributed by atoms with van der Waals surface area (Å²) in [6.45, 7) is 2.56. The van der Waals surface area contributed by atoms with E-state index in [-0.39, 0.29) is 0 Å². The number of rotatable bonds is 5. The minimum atomic E-state index is -2.16. The largest absolute Gasteiger partial charge is 0.760 e. The van der Waals surface area contributed by atoms with Gasteiger partial charge < -0.3 is 14.3 Å². The van der Waals surface area contributed by atoms with Gasteiger partial charge in [0, 0.05) is 23.9 Å². The van der Waals surface area contributed by atoms with Gasteiger partial charge >= 0.3 is 0 Å². The van der Waals surface area contributed by atoms with Crippen molar-refractivity contribution in [3.63, 3.8) is 0 Å². The van der Waals surface area contributed by atoms with Crippen LogP contribution in [0.4, 0.5) is 6.01 Å². The van der Waals surface area contributed by atoms with E-state index < -0.39 is 11.3 Å². The molecule has 1 fully saturated rings. The molecular formula is C15H20N3O3S-. The summed E-state index contributed by atoms with van der Waals surface area (Å²) in [5, 5.41) is 3.36. The third-order valence-corrected chi connectivity index (χ3v) is 4.61. The Morgan fingerprint density at radius 2 is 2.14 bits per heavy atom. The molecule has 0 amide bonds. The number of nitrogens with zero attached hydrogens (tertiary/aromatic N) is 1. The summed E-state index contributed by atoms with van der Waals surface area (Å²) in [7, 11) is 0. The maximum Gasteiger partial charge on any atom is 0.295 e. The summed E-state index contributed by atoms with van der Waals surface area (Å²) < 4.78 is 29.2. The molecular weight excluding hydrogens is 302 g/mol. The van der Waals surface area contributed by atoms with Gasteiger partial charge in [-0.1, -0.05) is 6.07 Å². The minimum absolute atomic E-state index is 0.336. The molecule has 3 rings (SSSR count). The molecule has 1 aromatic heterocycles. The fourth-order valence-electron chi connectivity index (χ4n) is 2.96. The Morgan fingerprint density at radius 1 is 1.36 bits per heavy atom. The Balaban J connectivity index is 1.54. The number of fused-ring (bicyclic) bond motifs is 1. The minimum Gasteiger partial charge on any atom is -0.760 e. The smallest absolute Gasteiger partial charge is 0.295 e. The molecule has 0 spiro atoms. The second-order valence-electron chi connectivity index (χ2n) is 5.94. The topological polar surface area (TPSA) is 90.2 Å². The lowest BCUT2D eigenvalue weighted by Crippen LogP contribution is -2.31. The van der Waals surface area contributed by atoms with Crippen LogP contribution in [-0.4, -0.2) is 26.3 Å². The maximum atomic E-state index is 10.5. The number of anilines is 1. The molecule has 120 valence electrons. The Labute approximate surface area is 132 Å². The number of hydrogen-bond acceptors (Lipinski definition) is 5. The van der Waals surface area contributed by atoms with E-state index >= 15 is 0 Å². The third-order valence-electron chi connectivity index (χ3n) is 4.21. The van der Waals surface area contributed by atoms with Crippen LogP contribution in [0.25, 0.3) is 11.1 Å². The third kappa shape index (κ3) is 3.85. The lowest BCUT2D eigenvalue weighted by Gasteiger charge is -2.28. The highest BCUT2D eigenvalue weighted by atomic mass is 32.2. The van der Waals surface area contributed by atoms with Crippen LogP contribution in [-0.2, 0) is 11.3 Å². The van der Waals surface area contributed by atoms with Crippen LogP contribution in [0.5, 0.6) is 0 Å². The van der Waals surface area contributed by atoms with Gasteiger partial charge in [0.25, 0.3) is 6.01 Å². The first kappa shape index (κ1) is 15.5. The quantitative estimate of drug-likeness (QED) is 0.825. The number of nitrogens with one attached hydrogen (secondary N) is 2. The molecule has 1 atom stereocenters. The average Bonchev–Trinajstić information content (AvgIpc) is 2.87. The second-order valence-corrected chi connectivity index (χ2v) is 6.69. The van der Waals surface area contributed by atoms with Crippen molar-refractivity contribution in [2.45, 2.75) is 38.6 Å². The summed E-state index contributed by atoms with van der Waals surface area (Å²) in [6, 6.07) is 6.88. The first-order valence-electron chi connectivity index (χ1n) is 7.56. The molecule has 2 aromatic rings. The number of benzene rings is 1. The molecule has 1 saturated carbocycles. The predicted molar refractivity (Wildman–Crippen MR) is 85.0 cm³/mol. The number of aryl methyl sites for hydroxylation is 1. The fourth-order valence-corrected chi connectivity index (χ4v) is 3.34. The molecule has 1 unspecified atom stereocenters. The standard InChI is InChI=1S/C15H21N3O3S/c1-10-2-7-13-14(8-10)21-15(18-13)17-12-5-3-11(4-6-12)9-16-22(19)20/h2,7-8,11-12,16H,3-6,9H2,1H3,(H,17,18)(H,19,20)/p-1. The van der Waals surface area contributed by atoms with Crippen molar-refractivity contribution in [1.29, 1.82) is 0 Å². The summed E-state index contributed by atoms with van der Waals surface area (Å²) in [5.74, 6) is 0.419. The summed E-state index contributed by atoms with van der Waals surface area (Å²) >= 11 is -2.16. The van der Waals surface area contributed by atoms with E-state index in [1.807, 2.05) is 25.1 Å². The molecule has 0 aliphatic heterocycles. The summed E-state index contributed by atoms with van der Waals surface area (Å²) in [4.78, 5) is 4.45. The molecule has 1 heterocycles. The van der Waals surface area contributed by atoms with Gasteiger partial charge in [-0.2, -0.15) is 4.98 Å². The van der Waals surface area contributed by atoms with Gasteiger partial charge in [-0.05, 0) is 56.2 Å². The van der Waals surface area contributed by atoms with Crippen molar-refractivity contribution < 1.29 is 13.2 Å². The van der Waals surface area contributed by atoms with Gasteiger partial charge in [0.05, 0.1) is 0 Å². The van der Waals surface area contributed by atoms with Gasteiger partial charge in [0.15, 0.2) is 5.58 Å². The van der Waals surface area contributed by atoms with E-state index in [1.54, 1.807) is 0 Å². The van der Waals surface area contributed by atoms with Gasteiger partial charge in [-0.15, -0.1) is 0 Å². The van der Waals surface area contributed by atoms with E-state index in [2.05, 4.69) is 15.0 Å². The highest BCUT2D eigenvalue weighted by Gasteiger charge is 2.22. The fraction of sp³-hybridized carbons (Fsp3) is 0.533. The van der Waals surface area contributed by atoms with Gasteiger partial charge in [0.1, 0.15) is 5.52 Å². The molecule has 0 saturated heterocycles. The van der Waals surface area contributed by atoms with Crippen LogP contribution in [0.3, 0.4) is 0 Å². The number of oxazole rings is 1. The van der Waals surface area contributed by atoms with Crippen molar-refractivity contribution >= 4 is 28.4 Å². The molecule has 0 bridgehead atoms. The summed E-state index contributed by atoms with van der Waals surface area (Å²) in [6.07, 6.45) is 3.99. The zero-order valence-electron chi connectivity index (χ0n) is 12.5. The van der Waals surface area contributed by atoms with Crippen LogP contribution >= 0.6 is 0 Å². The van der Waals surface area contributed by atoms with Crippen molar-refractivity contribution in [2.24, 2.45) is 5.92 Å². The van der Waals surface area contributed by atoms with Crippen molar-refractivity contribution in [3.8, 4) is 0 Å².